The normalized spacial score (nSPS) is 37.3. The van der Waals surface area contributed by atoms with Crippen LogP contribution in [0.5, 0.6) is 0 Å². The molecule has 0 aromatic heterocycles. The lowest BCUT2D eigenvalue weighted by Gasteiger charge is -2.23. The smallest absolute Gasteiger partial charge is 0.224 e. The molecule has 0 radical (unpaired) electrons. The molecule has 2 aliphatic heterocycles. The quantitative estimate of drug-likeness (QED) is 0.687. The van der Waals surface area contributed by atoms with Gasteiger partial charge >= 0.3 is 0 Å². The number of carbonyl (C=O) groups is 1. The summed E-state index contributed by atoms with van der Waals surface area (Å²) in [6, 6.07) is 0.625. The summed E-state index contributed by atoms with van der Waals surface area (Å²) in [7, 11) is 0. The average molecular weight is 211 g/mol. The summed E-state index contributed by atoms with van der Waals surface area (Å²) < 4.78 is 0. The number of hydrogen-bond donors (Lipinski definition) is 2. The SMILES string of the molecule is CC1(C(N)=O)CCN(C[C@@H]2CCCN2)C1. The second-order valence-electron chi connectivity index (χ2n) is 5.20. The lowest BCUT2D eigenvalue weighted by molar-refractivity contribution is -0.126. The molecule has 2 heterocycles. The first-order chi connectivity index (χ1) is 7.10. The Hall–Kier alpha value is -0.610. The molecule has 2 atom stereocenters. The number of nitrogens with one attached hydrogen (secondary N) is 1. The van der Waals surface area contributed by atoms with Crippen LogP contribution in [0.4, 0.5) is 0 Å². The maximum atomic E-state index is 11.3. The monoisotopic (exact) mass is 211 g/mol. The molecule has 4 heteroatoms. The van der Waals surface area contributed by atoms with E-state index in [9.17, 15) is 4.79 Å². The summed E-state index contributed by atoms with van der Waals surface area (Å²) in [6.07, 6.45) is 3.46. The van der Waals surface area contributed by atoms with Gasteiger partial charge in [-0.3, -0.25) is 4.79 Å². The summed E-state index contributed by atoms with van der Waals surface area (Å²) in [5.41, 5.74) is 5.13. The van der Waals surface area contributed by atoms with Crippen LogP contribution in [0.15, 0.2) is 0 Å². The van der Waals surface area contributed by atoms with Crippen LogP contribution < -0.4 is 11.1 Å². The first kappa shape index (κ1) is 10.9. The van der Waals surface area contributed by atoms with Gasteiger partial charge in [0.05, 0.1) is 5.41 Å². The zero-order valence-electron chi connectivity index (χ0n) is 9.46. The molecule has 4 nitrogen and oxygen atoms in total. The highest BCUT2D eigenvalue weighted by molar-refractivity contribution is 5.81. The lowest BCUT2D eigenvalue weighted by atomic mass is 9.89. The number of carbonyl (C=O) groups excluding carboxylic acids is 1. The highest BCUT2D eigenvalue weighted by Crippen LogP contribution is 2.29. The third-order valence-electron chi connectivity index (χ3n) is 3.79. The van der Waals surface area contributed by atoms with E-state index >= 15 is 0 Å². The molecule has 0 aromatic rings. The molecular formula is C11H21N3O. The number of rotatable bonds is 3. The molecule has 3 N–H and O–H groups in total. The fraction of sp³-hybridized carbons (Fsp3) is 0.909. The van der Waals surface area contributed by atoms with Gasteiger partial charge in [-0.15, -0.1) is 0 Å². The van der Waals surface area contributed by atoms with Crippen LogP contribution in [0.2, 0.25) is 0 Å². The molecule has 2 saturated heterocycles. The Morgan fingerprint density at radius 3 is 3.00 bits per heavy atom. The Bertz CT molecular complexity index is 250. The van der Waals surface area contributed by atoms with Gasteiger partial charge < -0.3 is 16.0 Å². The maximum absolute atomic E-state index is 11.3. The minimum atomic E-state index is -0.293. The van der Waals surface area contributed by atoms with Crippen molar-refractivity contribution in [1.82, 2.24) is 10.2 Å². The molecular weight excluding hydrogens is 190 g/mol. The van der Waals surface area contributed by atoms with Gasteiger partial charge in [0, 0.05) is 19.1 Å². The van der Waals surface area contributed by atoms with E-state index in [0.717, 1.165) is 32.6 Å². The van der Waals surface area contributed by atoms with Crippen molar-refractivity contribution < 1.29 is 4.79 Å². The zero-order chi connectivity index (χ0) is 10.9. The third kappa shape index (κ3) is 2.32. The lowest BCUT2D eigenvalue weighted by Crippen LogP contribution is -2.40. The molecule has 0 saturated carbocycles. The Balaban J connectivity index is 1.84. The topological polar surface area (TPSA) is 58.4 Å². The largest absolute Gasteiger partial charge is 0.369 e. The maximum Gasteiger partial charge on any atom is 0.224 e. The summed E-state index contributed by atoms with van der Waals surface area (Å²) in [6.45, 7) is 6.05. The summed E-state index contributed by atoms with van der Waals surface area (Å²) in [5, 5.41) is 3.48. The minimum absolute atomic E-state index is 0.149. The van der Waals surface area contributed by atoms with Crippen LogP contribution >= 0.6 is 0 Å². The van der Waals surface area contributed by atoms with E-state index in [1.807, 2.05) is 6.92 Å². The molecule has 0 bridgehead atoms. The van der Waals surface area contributed by atoms with Crippen molar-refractivity contribution >= 4 is 5.91 Å². The number of primary amides is 1. The van der Waals surface area contributed by atoms with Crippen LogP contribution in [0.25, 0.3) is 0 Å². The highest BCUT2D eigenvalue weighted by atomic mass is 16.1. The minimum Gasteiger partial charge on any atom is -0.369 e. The Kier molecular flexibility index (Phi) is 2.98. The molecule has 2 rings (SSSR count). The third-order valence-corrected chi connectivity index (χ3v) is 3.79. The molecule has 2 aliphatic rings. The molecule has 1 unspecified atom stereocenters. The molecule has 86 valence electrons. The first-order valence-electron chi connectivity index (χ1n) is 5.86. The zero-order valence-corrected chi connectivity index (χ0v) is 9.46. The van der Waals surface area contributed by atoms with Gasteiger partial charge in [0.25, 0.3) is 0 Å². The predicted octanol–water partition coefficient (Wildman–Crippen LogP) is -0.0643. The van der Waals surface area contributed by atoms with Gasteiger partial charge in [0.15, 0.2) is 0 Å². The predicted molar refractivity (Wildman–Crippen MR) is 59.4 cm³/mol. The number of hydrogen-bond acceptors (Lipinski definition) is 3. The van der Waals surface area contributed by atoms with E-state index in [0.29, 0.717) is 6.04 Å². The van der Waals surface area contributed by atoms with Crippen molar-refractivity contribution in [2.24, 2.45) is 11.1 Å². The van der Waals surface area contributed by atoms with E-state index in [-0.39, 0.29) is 11.3 Å². The number of likely N-dealkylation sites (tertiary alicyclic amines) is 1. The average Bonchev–Trinajstić information content (AvgIpc) is 2.77. The molecule has 0 aliphatic carbocycles. The van der Waals surface area contributed by atoms with E-state index in [2.05, 4.69) is 10.2 Å². The van der Waals surface area contributed by atoms with Gasteiger partial charge in [-0.2, -0.15) is 0 Å². The molecule has 0 aromatic carbocycles. The van der Waals surface area contributed by atoms with Gasteiger partial charge in [-0.1, -0.05) is 0 Å². The van der Waals surface area contributed by atoms with Crippen LogP contribution in [0, 0.1) is 5.41 Å². The van der Waals surface area contributed by atoms with Crippen LogP contribution in [0.1, 0.15) is 26.2 Å². The van der Waals surface area contributed by atoms with Crippen molar-refractivity contribution in [2.75, 3.05) is 26.2 Å². The summed E-state index contributed by atoms with van der Waals surface area (Å²) >= 11 is 0. The molecule has 0 spiro atoms. The van der Waals surface area contributed by atoms with Crippen molar-refractivity contribution in [2.45, 2.75) is 32.2 Å². The number of nitrogens with two attached hydrogens (primary N) is 1. The summed E-state index contributed by atoms with van der Waals surface area (Å²) in [4.78, 5) is 13.7. The second kappa shape index (κ2) is 4.10. The molecule has 1 amide bonds. The van der Waals surface area contributed by atoms with E-state index in [1.165, 1.54) is 12.8 Å². The standard InChI is InChI=1S/C11H21N3O/c1-11(10(12)15)4-6-14(8-11)7-9-3-2-5-13-9/h9,13H,2-8H2,1H3,(H2,12,15)/t9-,11?/m0/s1. The van der Waals surface area contributed by atoms with Crippen LogP contribution in [0.3, 0.4) is 0 Å². The number of nitrogens with zero attached hydrogens (tertiary/aromatic N) is 1. The van der Waals surface area contributed by atoms with Crippen molar-refractivity contribution in [1.29, 1.82) is 0 Å². The Labute approximate surface area is 91.2 Å². The van der Waals surface area contributed by atoms with Crippen molar-refractivity contribution in [3.63, 3.8) is 0 Å². The van der Waals surface area contributed by atoms with Gasteiger partial charge in [-0.25, -0.2) is 0 Å². The van der Waals surface area contributed by atoms with Gasteiger partial charge in [-0.05, 0) is 39.3 Å². The van der Waals surface area contributed by atoms with Crippen LogP contribution in [-0.4, -0.2) is 43.0 Å². The van der Waals surface area contributed by atoms with Gasteiger partial charge in [0.2, 0.25) is 5.91 Å². The van der Waals surface area contributed by atoms with Crippen molar-refractivity contribution in [3.05, 3.63) is 0 Å². The van der Waals surface area contributed by atoms with Crippen molar-refractivity contribution in [3.8, 4) is 0 Å². The highest BCUT2D eigenvalue weighted by Gasteiger charge is 2.39. The van der Waals surface area contributed by atoms with Gasteiger partial charge in [0.1, 0.15) is 0 Å². The second-order valence-corrected chi connectivity index (χ2v) is 5.20. The summed E-state index contributed by atoms with van der Waals surface area (Å²) in [5.74, 6) is -0.149. The van der Waals surface area contributed by atoms with E-state index in [4.69, 9.17) is 5.73 Å². The molecule has 2 fully saturated rings. The van der Waals surface area contributed by atoms with Crippen LogP contribution in [-0.2, 0) is 4.79 Å². The fourth-order valence-corrected chi connectivity index (χ4v) is 2.64. The first-order valence-corrected chi connectivity index (χ1v) is 5.86. The fourth-order valence-electron chi connectivity index (χ4n) is 2.64. The number of amides is 1. The van der Waals surface area contributed by atoms with E-state index < -0.39 is 0 Å². The molecule has 15 heavy (non-hydrogen) atoms. The Morgan fingerprint density at radius 1 is 1.67 bits per heavy atom. The van der Waals surface area contributed by atoms with E-state index in [1.54, 1.807) is 0 Å². The Morgan fingerprint density at radius 2 is 2.47 bits per heavy atom.